The lowest BCUT2D eigenvalue weighted by molar-refractivity contribution is -0.143. The van der Waals surface area contributed by atoms with Crippen molar-refractivity contribution in [3.63, 3.8) is 0 Å². The van der Waals surface area contributed by atoms with Crippen LogP contribution in [0.25, 0.3) is 0 Å². The van der Waals surface area contributed by atoms with E-state index in [1.165, 1.54) is 6.92 Å². The summed E-state index contributed by atoms with van der Waals surface area (Å²) in [4.78, 5) is 13.2. The van der Waals surface area contributed by atoms with Gasteiger partial charge in [-0.1, -0.05) is 30.3 Å². The molecule has 1 aliphatic carbocycles. The molecule has 3 N–H and O–H groups in total. The van der Waals surface area contributed by atoms with Gasteiger partial charge in [0, 0.05) is 0 Å². The van der Waals surface area contributed by atoms with E-state index >= 15 is 0 Å². The summed E-state index contributed by atoms with van der Waals surface area (Å²) in [5, 5.41) is 2.97. The molecular formula is C24H27ClF6N2O. The van der Waals surface area contributed by atoms with Gasteiger partial charge in [0.15, 0.2) is 0 Å². The van der Waals surface area contributed by atoms with Crippen LogP contribution in [-0.2, 0) is 22.7 Å². The fourth-order valence-corrected chi connectivity index (χ4v) is 4.37. The van der Waals surface area contributed by atoms with E-state index < -0.39 is 40.8 Å². The maximum absolute atomic E-state index is 13.2. The van der Waals surface area contributed by atoms with Crippen LogP contribution in [0.4, 0.5) is 26.3 Å². The topological polar surface area (TPSA) is 55.1 Å². The van der Waals surface area contributed by atoms with E-state index in [4.69, 9.17) is 5.73 Å². The Morgan fingerprint density at radius 1 is 1.00 bits per heavy atom. The Balaban J connectivity index is 0.00000408. The summed E-state index contributed by atoms with van der Waals surface area (Å²) < 4.78 is 79.5. The lowest BCUT2D eigenvalue weighted by Crippen LogP contribution is -2.50. The average Bonchev–Trinajstić information content (AvgIpc) is 2.78. The standard InChI is InChI=1S/C24H26F6N2O.ClH/c1-15(17-11-19(23(25,26)27)13-20(12-17)24(28,29)30)21(33)32-22(18-5-3-2-4-6-18)9-7-16(14-31)8-10-22;/h2-6,11-13,15-16H,7-10,14,31H2,1H3,(H,32,33);1H/t15?,16-,22-;. The lowest BCUT2D eigenvalue weighted by Gasteiger charge is -2.42. The monoisotopic (exact) mass is 508 g/mol. The SMILES string of the molecule is CC(C(=O)N[C@]1(c2ccccc2)CC[C@@H](CN)CC1)c1cc(C(F)(F)F)cc(C(F)(F)F)c1.Cl. The smallest absolute Gasteiger partial charge is 0.346 e. The van der Waals surface area contributed by atoms with Gasteiger partial charge in [0.2, 0.25) is 5.91 Å². The summed E-state index contributed by atoms with van der Waals surface area (Å²) in [6.07, 6.45) is -7.29. The van der Waals surface area contributed by atoms with Gasteiger partial charge >= 0.3 is 12.4 Å². The molecule has 1 atom stereocenters. The summed E-state index contributed by atoms with van der Waals surface area (Å²) in [6, 6.07) is 10.5. The Labute approximate surface area is 200 Å². The third-order valence-electron chi connectivity index (χ3n) is 6.48. The summed E-state index contributed by atoms with van der Waals surface area (Å²) in [7, 11) is 0. The minimum Gasteiger partial charge on any atom is -0.346 e. The van der Waals surface area contributed by atoms with E-state index in [2.05, 4.69) is 5.32 Å². The van der Waals surface area contributed by atoms with Gasteiger partial charge in [0.1, 0.15) is 0 Å². The Kier molecular flexibility index (Phi) is 8.69. The van der Waals surface area contributed by atoms with Crippen LogP contribution in [0.5, 0.6) is 0 Å². The van der Waals surface area contributed by atoms with Crippen LogP contribution in [0.3, 0.4) is 0 Å². The highest BCUT2D eigenvalue weighted by Gasteiger charge is 2.40. The Morgan fingerprint density at radius 3 is 1.94 bits per heavy atom. The third-order valence-corrected chi connectivity index (χ3v) is 6.48. The van der Waals surface area contributed by atoms with Crippen molar-refractivity contribution in [2.24, 2.45) is 11.7 Å². The number of nitrogens with one attached hydrogen (secondary N) is 1. The molecule has 1 unspecified atom stereocenters. The molecule has 0 radical (unpaired) electrons. The maximum atomic E-state index is 13.2. The predicted octanol–water partition coefficient (Wildman–Crippen LogP) is 6.41. The number of amides is 1. The number of carbonyl (C=O) groups excluding carboxylic acids is 1. The van der Waals surface area contributed by atoms with Crippen LogP contribution >= 0.6 is 12.4 Å². The molecule has 0 saturated heterocycles. The summed E-state index contributed by atoms with van der Waals surface area (Å²) in [5.41, 5.74) is 2.66. The molecule has 1 amide bonds. The zero-order valence-electron chi connectivity index (χ0n) is 18.5. The van der Waals surface area contributed by atoms with Crippen molar-refractivity contribution in [2.75, 3.05) is 6.54 Å². The highest BCUT2D eigenvalue weighted by molar-refractivity contribution is 5.85. The summed E-state index contributed by atoms with van der Waals surface area (Å²) in [6.45, 7) is 1.83. The maximum Gasteiger partial charge on any atom is 0.416 e. The highest BCUT2D eigenvalue weighted by atomic mass is 35.5. The van der Waals surface area contributed by atoms with Crippen molar-refractivity contribution in [3.05, 3.63) is 70.8 Å². The average molecular weight is 509 g/mol. The van der Waals surface area contributed by atoms with Gasteiger partial charge < -0.3 is 11.1 Å². The number of nitrogens with two attached hydrogens (primary N) is 1. The summed E-state index contributed by atoms with van der Waals surface area (Å²) in [5.74, 6) is -1.55. The number of hydrogen-bond donors (Lipinski definition) is 2. The number of hydrogen-bond acceptors (Lipinski definition) is 2. The first-order chi connectivity index (χ1) is 15.4. The molecule has 0 heterocycles. The highest BCUT2D eigenvalue weighted by Crippen LogP contribution is 2.41. The van der Waals surface area contributed by atoms with E-state index in [-0.39, 0.29) is 24.0 Å². The molecule has 1 aliphatic rings. The number of benzene rings is 2. The van der Waals surface area contributed by atoms with Crippen molar-refractivity contribution in [1.29, 1.82) is 0 Å². The second kappa shape index (κ2) is 10.6. The van der Waals surface area contributed by atoms with Gasteiger partial charge in [-0.3, -0.25) is 4.79 Å². The first-order valence-electron chi connectivity index (χ1n) is 10.7. The molecule has 2 aromatic carbocycles. The molecule has 0 aromatic heterocycles. The van der Waals surface area contributed by atoms with E-state index in [0.717, 1.165) is 18.4 Å². The van der Waals surface area contributed by atoms with E-state index in [0.29, 0.717) is 37.4 Å². The van der Waals surface area contributed by atoms with Crippen molar-refractivity contribution in [1.82, 2.24) is 5.32 Å². The van der Waals surface area contributed by atoms with Crippen molar-refractivity contribution in [2.45, 2.75) is 56.4 Å². The zero-order chi connectivity index (χ0) is 24.4. The second-order valence-corrected chi connectivity index (χ2v) is 8.68. The number of rotatable bonds is 5. The van der Waals surface area contributed by atoms with Crippen molar-refractivity contribution in [3.8, 4) is 0 Å². The molecule has 0 bridgehead atoms. The Morgan fingerprint density at radius 2 is 1.50 bits per heavy atom. The lowest BCUT2D eigenvalue weighted by atomic mass is 9.72. The number of halogens is 7. The normalized spacial score (nSPS) is 21.9. The van der Waals surface area contributed by atoms with Crippen LogP contribution in [0, 0.1) is 5.92 Å². The molecule has 2 aromatic rings. The Hall–Kier alpha value is -2.26. The van der Waals surface area contributed by atoms with Crippen LogP contribution in [0.1, 0.15) is 60.8 Å². The van der Waals surface area contributed by atoms with Crippen molar-refractivity contribution < 1.29 is 31.1 Å². The van der Waals surface area contributed by atoms with Gasteiger partial charge in [0.25, 0.3) is 0 Å². The fourth-order valence-electron chi connectivity index (χ4n) is 4.37. The van der Waals surface area contributed by atoms with E-state index in [9.17, 15) is 31.1 Å². The zero-order valence-corrected chi connectivity index (χ0v) is 19.3. The molecular weight excluding hydrogens is 482 g/mol. The van der Waals surface area contributed by atoms with Crippen LogP contribution in [0.2, 0.25) is 0 Å². The van der Waals surface area contributed by atoms with Gasteiger partial charge in [-0.2, -0.15) is 26.3 Å². The first kappa shape index (κ1) is 28.0. The quantitative estimate of drug-likeness (QED) is 0.458. The van der Waals surface area contributed by atoms with Crippen LogP contribution < -0.4 is 11.1 Å². The molecule has 3 rings (SSSR count). The molecule has 1 saturated carbocycles. The molecule has 3 nitrogen and oxygen atoms in total. The third kappa shape index (κ3) is 6.24. The summed E-state index contributed by atoms with van der Waals surface area (Å²) >= 11 is 0. The van der Waals surface area contributed by atoms with Gasteiger partial charge in [0.05, 0.1) is 22.6 Å². The molecule has 34 heavy (non-hydrogen) atoms. The van der Waals surface area contributed by atoms with Gasteiger partial charge in [-0.25, -0.2) is 0 Å². The molecule has 0 aliphatic heterocycles. The van der Waals surface area contributed by atoms with E-state index in [1.54, 1.807) is 0 Å². The Bertz CT molecular complexity index is 937. The first-order valence-corrected chi connectivity index (χ1v) is 10.7. The largest absolute Gasteiger partial charge is 0.416 e. The molecule has 1 fully saturated rings. The van der Waals surface area contributed by atoms with E-state index in [1.807, 2.05) is 30.3 Å². The minimum absolute atomic E-state index is 0. The predicted molar refractivity (Wildman–Crippen MR) is 119 cm³/mol. The second-order valence-electron chi connectivity index (χ2n) is 8.68. The number of alkyl halides is 6. The number of carbonyl (C=O) groups is 1. The molecule has 188 valence electrons. The fraction of sp³-hybridized carbons (Fsp3) is 0.458. The van der Waals surface area contributed by atoms with Crippen molar-refractivity contribution >= 4 is 18.3 Å². The molecule has 10 heteroatoms. The van der Waals surface area contributed by atoms with Crippen LogP contribution in [-0.4, -0.2) is 12.5 Å². The van der Waals surface area contributed by atoms with Gasteiger partial charge in [-0.05, 0) is 74.4 Å². The van der Waals surface area contributed by atoms with Crippen LogP contribution in [0.15, 0.2) is 48.5 Å². The van der Waals surface area contributed by atoms with Gasteiger partial charge in [-0.15, -0.1) is 12.4 Å². The minimum atomic E-state index is -4.97. The molecule has 0 spiro atoms.